The van der Waals surface area contributed by atoms with Gasteiger partial charge in [-0.15, -0.1) is 0 Å². The van der Waals surface area contributed by atoms with E-state index in [0.717, 1.165) is 19.4 Å². The van der Waals surface area contributed by atoms with E-state index in [1.807, 2.05) is 23.1 Å². The molecule has 1 amide bonds. The summed E-state index contributed by atoms with van der Waals surface area (Å²) in [4.78, 5) is 25.3. The van der Waals surface area contributed by atoms with E-state index in [0.29, 0.717) is 12.0 Å². The van der Waals surface area contributed by atoms with E-state index in [-0.39, 0.29) is 24.0 Å². The minimum absolute atomic E-state index is 0.102. The summed E-state index contributed by atoms with van der Waals surface area (Å²) in [6.45, 7) is 0.718. The number of fused-ring (bicyclic) bond motifs is 1. The Bertz CT molecular complexity index is 471. The van der Waals surface area contributed by atoms with Gasteiger partial charge in [-0.1, -0.05) is 18.2 Å². The first-order chi connectivity index (χ1) is 8.75. The fraction of sp³-hybridized carbons (Fsp3) is 0.429. The van der Waals surface area contributed by atoms with Gasteiger partial charge in [-0.2, -0.15) is 0 Å². The molecule has 1 aromatic rings. The highest BCUT2D eigenvalue weighted by Gasteiger charge is 2.43. The number of carbonyl (C=O) groups excluding carboxylic acids is 2. The maximum atomic E-state index is 11.9. The lowest BCUT2D eigenvalue weighted by Crippen LogP contribution is -2.34. The van der Waals surface area contributed by atoms with E-state index >= 15 is 0 Å². The molecule has 0 aromatic heterocycles. The summed E-state index contributed by atoms with van der Waals surface area (Å²) in [5, 5.41) is 0. The molecule has 2 aliphatic rings. The number of hydrogen-bond acceptors (Lipinski definition) is 3. The van der Waals surface area contributed by atoms with Crippen molar-refractivity contribution < 1.29 is 14.3 Å². The van der Waals surface area contributed by atoms with Crippen molar-refractivity contribution in [3.8, 4) is 0 Å². The third-order valence-electron chi connectivity index (χ3n) is 3.73. The molecule has 2 heterocycles. The van der Waals surface area contributed by atoms with E-state index in [1.54, 1.807) is 12.1 Å². The molecule has 2 fully saturated rings. The number of amides is 1. The van der Waals surface area contributed by atoms with Crippen LogP contribution in [0.2, 0.25) is 0 Å². The van der Waals surface area contributed by atoms with Crippen molar-refractivity contribution in [1.82, 2.24) is 4.90 Å². The van der Waals surface area contributed by atoms with Gasteiger partial charge in [0.2, 0.25) is 5.91 Å². The molecule has 4 heteroatoms. The molecule has 0 spiro atoms. The summed E-state index contributed by atoms with van der Waals surface area (Å²) < 4.78 is 5.53. The molecule has 0 radical (unpaired) electrons. The standard InChI is InChI=1S/C14H15NO3/c16-13-7-6-11-12(8-9-15(11)13)18-14(17)10-4-2-1-3-5-10/h1-5,11-12H,6-9H2/t11-,12+/m1/s1. The normalized spacial score (nSPS) is 26.2. The Morgan fingerprint density at radius 1 is 1.22 bits per heavy atom. The Balaban J connectivity index is 1.68. The zero-order valence-electron chi connectivity index (χ0n) is 10.0. The SMILES string of the molecule is O=C(O[C@H]1CCN2C(=O)CC[C@H]12)c1ccccc1. The van der Waals surface area contributed by atoms with Crippen LogP contribution in [0.5, 0.6) is 0 Å². The van der Waals surface area contributed by atoms with Crippen molar-refractivity contribution in [1.29, 1.82) is 0 Å². The van der Waals surface area contributed by atoms with Crippen LogP contribution in [0.3, 0.4) is 0 Å². The minimum Gasteiger partial charge on any atom is -0.457 e. The Morgan fingerprint density at radius 3 is 2.78 bits per heavy atom. The lowest BCUT2D eigenvalue weighted by Gasteiger charge is -2.20. The monoisotopic (exact) mass is 245 g/mol. The average Bonchev–Trinajstić information content (AvgIpc) is 2.95. The van der Waals surface area contributed by atoms with Crippen molar-refractivity contribution in [2.45, 2.75) is 31.4 Å². The molecule has 3 rings (SSSR count). The molecule has 4 nitrogen and oxygen atoms in total. The number of hydrogen-bond donors (Lipinski definition) is 0. The van der Waals surface area contributed by atoms with Crippen LogP contribution in [0, 0.1) is 0 Å². The van der Waals surface area contributed by atoms with E-state index in [4.69, 9.17) is 4.74 Å². The fourth-order valence-electron chi connectivity index (χ4n) is 2.81. The first-order valence-electron chi connectivity index (χ1n) is 6.31. The number of esters is 1. The molecule has 1 aromatic carbocycles. The van der Waals surface area contributed by atoms with Crippen LogP contribution in [-0.4, -0.2) is 35.5 Å². The van der Waals surface area contributed by atoms with Gasteiger partial charge in [-0.05, 0) is 18.6 Å². The molecule has 2 atom stereocenters. The maximum Gasteiger partial charge on any atom is 0.338 e. The summed E-state index contributed by atoms with van der Waals surface area (Å²) in [5.41, 5.74) is 0.570. The summed E-state index contributed by atoms with van der Waals surface area (Å²) >= 11 is 0. The van der Waals surface area contributed by atoms with Gasteiger partial charge in [0, 0.05) is 19.4 Å². The van der Waals surface area contributed by atoms with Crippen molar-refractivity contribution in [2.75, 3.05) is 6.54 Å². The van der Waals surface area contributed by atoms with Crippen LogP contribution in [0.25, 0.3) is 0 Å². The minimum atomic E-state index is -0.290. The summed E-state index contributed by atoms with van der Waals surface area (Å²) in [6.07, 6.45) is 2.02. The zero-order valence-corrected chi connectivity index (χ0v) is 10.0. The second-order valence-electron chi connectivity index (χ2n) is 4.79. The largest absolute Gasteiger partial charge is 0.457 e. The van der Waals surface area contributed by atoms with E-state index in [2.05, 4.69) is 0 Å². The van der Waals surface area contributed by atoms with Crippen molar-refractivity contribution in [3.05, 3.63) is 35.9 Å². The number of nitrogens with zero attached hydrogens (tertiary/aromatic N) is 1. The molecule has 18 heavy (non-hydrogen) atoms. The molecule has 2 saturated heterocycles. The lowest BCUT2D eigenvalue weighted by molar-refractivity contribution is -0.128. The smallest absolute Gasteiger partial charge is 0.338 e. The Kier molecular flexibility index (Phi) is 2.78. The molecular formula is C14H15NO3. The number of ether oxygens (including phenoxy) is 1. The van der Waals surface area contributed by atoms with Crippen LogP contribution >= 0.6 is 0 Å². The Hall–Kier alpha value is -1.84. The van der Waals surface area contributed by atoms with Crippen LogP contribution in [0.1, 0.15) is 29.6 Å². The van der Waals surface area contributed by atoms with Crippen molar-refractivity contribution >= 4 is 11.9 Å². The van der Waals surface area contributed by atoms with Gasteiger partial charge in [-0.3, -0.25) is 4.79 Å². The Morgan fingerprint density at radius 2 is 2.00 bits per heavy atom. The predicted molar refractivity (Wildman–Crippen MR) is 65.0 cm³/mol. The second kappa shape index (κ2) is 4.44. The summed E-state index contributed by atoms with van der Waals surface area (Å²) in [6, 6.07) is 9.09. The molecule has 2 aliphatic heterocycles. The molecule has 0 bridgehead atoms. The van der Waals surface area contributed by atoms with E-state index < -0.39 is 0 Å². The van der Waals surface area contributed by atoms with Gasteiger partial charge in [0.15, 0.2) is 0 Å². The summed E-state index contributed by atoms with van der Waals surface area (Å²) in [7, 11) is 0. The molecular weight excluding hydrogens is 230 g/mol. The van der Waals surface area contributed by atoms with E-state index in [9.17, 15) is 9.59 Å². The van der Waals surface area contributed by atoms with E-state index in [1.165, 1.54) is 0 Å². The number of carbonyl (C=O) groups is 2. The average molecular weight is 245 g/mol. The van der Waals surface area contributed by atoms with Crippen LogP contribution in [-0.2, 0) is 9.53 Å². The van der Waals surface area contributed by atoms with Gasteiger partial charge >= 0.3 is 5.97 Å². The third kappa shape index (κ3) is 1.88. The van der Waals surface area contributed by atoms with Crippen LogP contribution < -0.4 is 0 Å². The zero-order chi connectivity index (χ0) is 12.5. The first-order valence-corrected chi connectivity index (χ1v) is 6.31. The quantitative estimate of drug-likeness (QED) is 0.744. The third-order valence-corrected chi connectivity index (χ3v) is 3.73. The van der Waals surface area contributed by atoms with Gasteiger partial charge in [-0.25, -0.2) is 4.79 Å². The van der Waals surface area contributed by atoms with Crippen LogP contribution in [0.4, 0.5) is 0 Å². The highest BCUT2D eigenvalue weighted by atomic mass is 16.5. The van der Waals surface area contributed by atoms with Gasteiger partial charge in [0.25, 0.3) is 0 Å². The Labute approximate surface area is 106 Å². The predicted octanol–water partition coefficient (Wildman–Crippen LogP) is 1.61. The van der Waals surface area contributed by atoms with Gasteiger partial charge < -0.3 is 9.64 Å². The molecule has 0 aliphatic carbocycles. The van der Waals surface area contributed by atoms with Crippen molar-refractivity contribution in [3.63, 3.8) is 0 Å². The highest BCUT2D eigenvalue weighted by Crippen LogP contribution is 2.31. The molecule has 0 N–H and O–H groups in total. The second-order valence-corrected chi connectivity index (χ2v) is 4.79. The fourth-order valence-corrected chi connectivity index (χ4v) is 2.81. The molecule has 0 saturated carbocycles. The van der Waals surface area contributed by atoms with Gasteiger partial charge in [0.05, 0.1) is 11.6 Å². The highest BCUT2D eigenvalue weighted by molar-refractivity contribution is 5.89. The number of rotatable bonds is 2. The van der Waals surface area contributed by atoms with Crippen molar-refractivity contribution in [2.24, 2.45) is 0 Å². The first kappa shape index (κ1) is 11.3. The van der Waals surface area contributed by atoms with Gasteiger partial charge in [0.1, 0.15) is 6.10 Å². The molecule has 0 unspecified atom stereocenters. The topological polar surface area (TPSA) is 46.6 Å². The maximum absolute atomic E-state index is 11.9. The summed E-state index contributed by atoms with van der Waals surface area (Å²) in [5.74, 6) is -0.0972. The van der Waals surface area contributed by atoms with Crippen LogP contribution in [0.15, 0.2) is 30.3 Å². The lowest BCUT2D eigenvalue weighted by atomic mass is 10.1. The molecule has 94 valence electrons. The number of benzene rings is 1.